The van der Waals surface area contributed by atoms with Gasteiger partial charge in [0.15, 0.2) is 17.4 Å². The van der Waals surface area contributed by atoms with Crippen LogP contribution in [0.25, 0.3) is 0 Å². The van der Waals surface area contributed by atoms with Crippen LogP contribution in [0.2, 0.25) is 6.82 Å². The number of nitrogens with one attached hydrogen (secondary N) is 1. The fourth-order valence-electron chi connectivity index (χ4n) is 4.40. The second kappa shape index (κ2) is 16.5. The summed E-state index contributed by atoms with van der Waals surface area (Å²) in [6.45, 7) is 0.868. The van der Waals surface area contributed by atoms with Crippen molar-refractivity contribution >= 4 is 30.0 Å². The van der Waals surface area contributed by atoms with E-state index in [1.54, 1.807) is 0 Å². The summed E-state index contributed by atoms with van der Waals surface area (Å²) in [7, 11) is 0. The zero-order valence-corrected chi connectivity index (χ0v) is 23.8. The molecule has 0 saturated heterocycles. The van der Waals surface area contributed by atoms with E-state index in [9.17, 15) is 41.4 Å². The quantitative estimate of drug-likeness (QED) is 0.139. The Balaban J connectivity index is 2.19. The van der Waals surface area contributed by atoms with E-state index in [0.717, 1.165) is 24.3 Å². The average molecular weight is 613 g/mol. The molecule has 0 aliphatic rings. The standard InChI is InChI=1S/C28H37BF5N5O4/c1-29(43)20-14-18(15-21(30)26(20)31)16-24(40)23(8-4-17-2-5-19(6-3-17)28(32,33)34)38-27(42)22(37)7-9-25(41)39(12-10-35)13-11-36/h2-3,5-6,14-15,22-23,43H,4,7-13,16,35-37H2,1H3,(H,38,42)/t22-,23+/m0/s1. The van der Waals surface area contributed by atoms with E-state index >= 15 is 0 Å². The van der Waals surface area contributed by atoms with Gasteiger partial charge in [0.2, 0.25) is 11.8 Å². The molecule has 43 heavy (non-hydrogen) atoms. The number of rotatable bonds is 16. The molecular formula is C28H37BF5N5O4. The first-order valence-electron chi connectivity index (χ1n) is 13.8. The van der Waals surface area contributed by atoms with Gasteiger partial charge in [0.25, 0.3) is 0 Å². The maximum Gasteiger partial charge on any atom is 0.416 e. The third kappa shape index (κ3) is 11.0. The summed E-state index contributed by atoms with van der Waals surface area (Å²) in [5, 5.41) is 12.3. The Kier molecular flexibility index (Phi) is 13.7. The van der Waals surface area contributed by atoms with E-state index in [4.69, 9.17) is 17.2 Å². The van der Waals surface area contributed by atoms with Gasteiger partial charge in [0.05, 0.1) is 17.6 Å². The topological polar surface area (TPSA) is 165 Å². The van der Waals surface area contributed by atoms with Crippen molar-refractivity contribution in [2.45, 2.75) is 57.2 Å². The lowest BCUT2D eigenvalue weighted by atomic mass is 9.63. The maximum atomic E-state index is 14.1. The number of aryl methyl sites for hydroxylation is 1. The van der Waals surface area contributed by atoms with Gasteiger partial charge in [0.1, 0.15) is 0 Å². The number of benzene rings is 2. The van der Waals surface area contributed by atoms with Gasteiger partial charge in [-0.1, -0.05) is 25.0 Å². The van der Waals surface area contributed by atoms with E-state index in [1.807, 2.05) is 0 Å². The largest absolute Gasteiger partial charge is 0.446 e. The third-order valence-electron chi connectivity index (χ3n) is 6.81. The molecular weight excluding hydrogens is 576 g/mol. The van der Waals surface area contributed by atoms with Crippen molar-refractivity contribution in [1.29, 1.82) is 0 Å². The molecule has 0 aliphatic carbocycles. The fourth-order valence-corrected chi connectivity index (χ4v) is 4.40. The SMILES string of the molecule is CB(O)c1cc(CC(=O)[C@@H](CCc2ccc(C(F)(F)F)cc2)NC(=O)[C@@H](N)CCC(=O)N(CCN)CCN)cc(F)c1F. The molecule has 0 aliphatic heterocycles. The lowest BCUT2D eigenvalue weighted by molar-refractivity contribution is -0.137. The van der Waals surface area contributed by atoms with E-state index in [1.165, 1.54) is 23.9 Å². The zero-order chi connectivity index (χ0) is 32.3. The number of Topliss-reactive ketones (excluding diaryl/α,β-unsaturated/α-hetero) is 1. The van der Waals surface area contributed by atoms with Crippen LogP contribution >= 0.6 is 0 Å². The van der Waals surface area contributed by atoms with Crippen molar-refractivity contribution in [3.8, 4) is 0 Å². The molecule has 2 atom stereocenters. The first kappa shape index (κ1) is 35.8. The molecule has 0 radical (unpaired) electrons. The highest BCUT2D eigenvalue weighted by atomic mass is 19.4. The molecule has 0 fully saturated rings. The van der Waals surface area contributed by atoms with Crippen molar-refractivity contribution in [2.24, 2.45) is 17.2 Å². The second-order valence-corrected chi connectivity index (χ2v) is 10.2. The number of carbonyl (C=O) groups is 3. The van der Waals surface area contributed by atoms with Crippen LogP contribution in [0, 0.1) is 11.6 Å². The monoisotopic (exact) mass is 613 g/mol. The molecule has 2 aromatic rings. The van der Waals surface area contributed by atoms with Crippen LogP contribution in [0.15, 0.2) is 36.4 Å². The number of amides is 2. The highest BCUT2D eigenvalue weighted by Crippen LogP contribution is 2.29. The first-order valence-corrected chi connectivity index (χ1v) is 13.8. The molecule has 2 rings (SSSR count). The smallest absolute Gasteiger partial charge is 0.416 e. The summed E-state index contributed by atoms with van der Waals surface area (Å²) < 4.78 is 67.0. The minimum Gasteiger partial charge on any atom is -0.446 e. The van der Waals surface area contributed by atoms with Gasteiger partial charge in [-0.3, -0.25) is 14.4 Å². The first-order chi connectivity index (χ1) is 20.2. The summed E-state index contributed by atoms with van der Waals surface area (Å²) in [5.74, 6) is -4.19. The lowest BCUT2D eigenvalue weighted by Gasteiger charge is -2.23. The number of nitrogens with zero attached hydrogens (tertiary/aromatic N) is 1. The molecule has 2 amide bonds. The maximum absolute atomic E-state index is 14.1. The molecule has 0 bridgehead atoms. The number of halogens is 5. The molecule has 2 aromatic carbocycles. The Hall–Kier alpha value is -3.40. The van der Waals surface area contributed by atoms with Crippen molar-refractivity contribution in [3.05, 3.63) is 64.7 Å². The predicted octanol–water partition coefficient (Wildman–Crippen LogP) is 0.887. The van der Waals surface area contributed by atoms with Gasteiger partial charge in [0, 0.05) is 39.0 Å². The second-order valence-electron chi connectivity index (χ2n) is 10.2. The van der Waals surface area contributed by atoms with E-state index in [-0.39, 0.29) is 68.8 Å². The van der Waals surface area contributed by atoms with E-state index in [2.05, 4.69) is 5.32 Å². The average Bonchev–Trinajstić information content (AvgIpc) is 2.94. The van der Waals surface area contributed by atoms with Gasteiger partial charge in [-0.25, -0.2) is 8.78 Å². The normalized spacial score (nSPS) is 12.9. The molecule has 0 spiro atoms. The van der Waals surface area contributed by atoms with Crippen LogP contribution in [0.3, 0.4) is 0 Å². The van der Waals surface area contributed by atoms with Crippen LogP contribution in [0.5, 0.6) is 0 Å². The van der Waals surface area contributed by atoms with Gasteiger partial charge in [-0.2, -0.15) is 13.2 Å². The number of carbonyl (C=O) groups excluding carboxylic acids is 3. The lowest BCUT2D eigenvalue weighted by Crippen LogP contribution is -2.49. The number of hydrogen-bond acceptors (Lipinski definition) is 7. The minimum absolute atomic E-state index is 0.0448. The van der Waals surface area contributed by atoms with E-state index in [0.29, 0.717) is 5.56 Å². The minimum atomic E-state index is -4.52. The molecule has 0 unspecified atom stereocenters. The summed E-state index contributed by atoms with van der Waals surface area (Å²) in [6.07, 6.45) is -5.08. The Morgan fingerprint density at radius 1 is 1.00 bits per heavy atom. The van der Waals surface area contributed by atoms with Gasteiger partial charge >= 0.3 is 13.1 Å². The number of ketones is 1. The summed E-state index contributed by atoms with van der Waals surface area (Å²) in [4.78, 5) is 40.2. The van der Waals surface area contributed by atoms with Crippen molar-refractivity contribution in [1.82, 2.24) is 10.2 Å². The van der Waals surface area contributed by atoms with Crippen molar-refractivity contribution < 1.29 is 41.4 Å². The van der Waals surface area contributed by atoms with Crippen LogP contribution in [-0.2, 0) is 33.4 Å². The van der Waals surface area contributed by atoms with Crippen LogP contribution in [0.4, 0.5) is 22.0 Å². The molecule has 0 heterocycles. The van der Waals surface area contributed by atoms with Gasteiger partial charge in [-0.15, -0.1) is 0 Å². The molecule has 8 N–H and O–H groups in total. The Morgan fingerprint density at radius 2 is 1.60 bits per heavy atom. The number of nitrogens with two attached hydrogens (primary N) is 3. The third-order valence-corrected chi connectivity index (χ3v) is 6.81. The molecule has 0 saturated carbocycles. The summed E-state index contributed by atoms with van der Waals surface area (Å²) in [5.41, 5.74) is 16.3. The molecule has 236 valence electrons. The molecule has 15 heteroatoms. The van der Waals surface area contributed by atoms with Crippen LogP contribution < -0.4 is 28.0 Å². The zero-order valence-electron chi connectivity index (χ0n) is 23.8. The number of hydrogen-bond donors (Lipinski definition) is 5. The number of alkyl halides is 3. The summed E-state index contributed by atoms with van der Waals surface area (Å²) in [6, 6.07) is 3.86. The van der Waals surface area contributed by atoms with Crippen LogP contribution in [0.1, 0.15) is 36.0 Å². The van der Waals surface area contributed by atoms with Gasteiger partial charge in [-0.05, 0) is 54.1 Å². The van der Waals surface area contributed by atoms with E-state index < -0.39 is 60.5 Å². The van der Waals surface area contributed by atoms with Crippen molar-refractivity contribution in [2.75, 3.05) is 26.2 Å². The van der Waals surface area contributed by atoms with Gasteiger partial charge < -0.3 is 32.4 Å². The Labute approximate surface area is 247 Å². The highest BCUT2D eigenvalue weighted by molar-refractivity contribution is 6.64. The summed E-state index contributed by atoms with van der Waals surface area (Å²) >= 11 is 0. The highest BCUT2D eigenvalue weighted by Gasteiger charge is 2.30. The van der Waals surface area contributed by atoms with Crippen LogP contribution in [-0.4, -0.2) is 72.7 Å². The Morgan fingerprint density at radius 3 is 2.14 bits per heavy atom. The molecule has 0 aromatic heterocycles. The van der Waals surface area contributed by atoms with Crippen molar-refractivity contribution in [3.63, 3.8) is 0 Å². The fraction of sp³-hybridized carbons (Fsp3) is 0.464. The predicted molar refractivity (Wildman–Crippen MR) is 152 cm³/mol. The Bertz CT molecular complexity index is 1240. The molecule has 9 nitrogen and oxygen atoms in total.